The fourth-order valence-corrected chi connectivity index (χ4v) is 4.57. The number of nitrogens with one attached hydrogen (secondary N) is 1. The van der Waals surface area contributed by atoms with Crippen molar-refractivity contribution in [3.63, 3.8) is 0 Å². The van der Waals surface area contributed by atoms with E-state index in [-0.39, 0.29) is 17.3 Å². The zero-order valence-electron chi connectivity index (χ0n) is 18.7. The third-order valence-corrected chi connectivity index (χ3v) is 6.29. The average Bonchev–Trinajstić information content (AvgIpc) is 3.35. The Kier molecular flexibility index (Phi) is 6.79. The lowest BCUT2D eigenvalue weighted by Gasteiger charge is -2.09. The first-order valence-electron chi connectivity index (χ1n) is 10.8. The largest absolute Gasteiger partial charge is 0.329 e. The van der Waals surface area contributed by atoms with Crippen molar-refractivity contribution in [3.8, 4) is 11.4 Å². The zero-order valence-corrected chi connectivity index (χ0v) is 19.5. The summed E-state index contributed by atoms with van der Waals surface area (Å²) in [6, 6.07) is 15.4. The normalized spacial score (nSPS) is 11.1. The number of amides is 1. The van der Waals surface area contributed by atoms with Gasteiger partial charge in [0.25, 0.3) is 0 Å². The summed E-state index contributed by atoms with van der Waals surface area (Å²) in [5, 5.41) is 12.2. The summed E-state index contributed by atoms with van der Waals surface area (Å²) in [5.74, 6) is 0.759. The summed E-state index contributed by atoms with van der Waals surface area (Å²) in [4.78, 5) is 25.2. The van der Waals surface area contributed by atoms with E-state index in [2.05, 4.69) is 22.1 Å². The summed E-state index contributed by atoms with van der Waals surface area (Å²) >= 11 is 1.32. The van der Waals surface area contributed by atoms with Crippen LogP contribution in [-0.2, 0) is 24.4 Å². The predicted octanol–water partition coefficient (Wildman–Crippen LogP) is 4.02. The van der Waals surface area contributed by atoms with Gasteiger partial charge in [-0.05, 0) is 32.0 Å². The van der Waals surface area contributed by atoms with E-state index >= 15 is 0 Å². The molecule has 33 heavy (non-hydrogen) atoms. The van der Waals surface area contributed by atoms with Gasteiger partial charge in [-0.1, -0.05) is 48.2 Å². The zero-order chi connectivity index (χ0) is 23.4. The van der Waals surface area contributed by atoms with Crippen LogP contribution in [0.3, 0.4) is 0 Å². The minimum Gasteiger partial charge on any atom is -0.325 e. The third kappa shape index (κ3) is 4.49. The number of imidazole rings is 1. The van der Waals surface area contributed by atoms with Crippen LogP contribution in [0.4, 0.5) is 5.69 Å². The molecule has 0 aliphatic heterocycles. The minimum absolute atomic E-state index is 0.0372. The molecule has 0 saturated carbocycles. The molecule has 0 fully saturated rings. The maximum Gasteiger partial charge on any atom is 0.329 e. The molecule has 0 bridgehead atoms. The number of aryl methyl sites for hydroxylation is 2. The highest BCUT2D eigenvalue weighted by Gasteiger charge is 2.16. The Hall–Kier alpha value is -3.59. The van der Waals surface area contributed by atoms with E-state index in [1.54, 1.807) is 15.2 Å². The van der Waals surface area contributed by atoms with Crippen LogP contribution in [0, 0.1) is 0 Å². The average molecular weight is 463 g/mol. The van der Waals surface area contributed by atoms with Crippen molar-refractivity contribution in [1.82, 2.24) is 23.9 Å². The van der Waals surface area contributed by atoms with Crippen molar-refractivity contribution in [1.29, 1.82) is 0 Å². The predicted molar refractivity (Wildman–Crippen MR) is 133 cm³/mol. The van der Waals surface area contributed by atoms with E-state index in [4.69, 9.17) is 0 Å². The maximum atomic E-state index is 12.7. The van der Waals surface area contributed by atoms with Crippen LogP contribution in [0.2, 0.25) is 0 Å². The van der Waals surface area contributed by atoms with Gasteiger partial charge in [-0.25, -0.2) is 4.79 Å². The number of allylic oxidation sites excluding steroid dienone is 1. The van der Waals surface area contributed by atoms with Gasteiger partial charge in [0, 0.05) is 30.9 Å². The molecule has 2 heterocycles. The molecule has 8 nitrogen and oxygen atoms in total. The van der Waals surface area contributed by atoms with Crippen LogP contribution >= 0.6 is 11.8 Å². The lowest BCUT2D eigenvalue weighted by molar-refractivity contribution is -0.113. The number of hydrogen-bond acceptors (Lipinski definition) is 5. The van der Waals surface area contributed by atoms with Crippen LogP contribution < -0.4 is 11.0 Å². The molecule has 0 radical (unpaired) electrons. The number of rotatable bonds is 9. The molecule has 0 aliphatic rings. The molecule has 0 saturated heterocycles. The van der Waals surface area contributed by atoms with E-state index in [1.807, 2.05) is 66.9 Å². The van der Waals surface area contributed by atoms with Gasteiger partial charge in [-0.3, -0.25) is 18.5 Å². The van der Waals surface area contributed by atoms with Crippen molar-refractivity contribution >= 4 is 34.4 Å². The third-order valence-electron chi connectivity index (χ3n) is 5.33. The minimum atomic E-state index is -0.158. The quantitative estimate of drug-likeness (QED) is 0.300. The molecule has 4 rings (SSSR count). The Morgan fingerprint density at radius 2 is 1.76 bits per heavy atom. The van der Waals surface area contributed by atoms with E-state index in [0.717, 1.165) is 22.4 Å². The summed E-state index contributed by atoms with van der Waals surface area (Å²) in [6.07, 6.45) is 1.78. The summed E-state index contributed by atoms with van der Waals surface area (Å²) in [7, 11) is 0. The van der Waals surface area contributed by atoms with Crippen molar-refractivity contribution in [2.24, 2.45) is 0 Å². The second kappa shape index (κ2) is 9.91. The molecule has 1 N–H and O–H groups in total. The van der Waals surface area contributed by atoms with Crippen LogP contribution in [-0.4, -0.2) is 35.6 Å². The first-order valence-corrected chi connectivity index (χ1v) is 11.8. The summed E-state index contributed by atoms with van der Waals surface area (Å²) in [5.41, 5.74) is 3.25. The number of carbonyl (C=O) groups is 1. The standard InChI is InChI=1S/C24H26N6O2S/c1-4-14-30-22(17-10-8-7-9-11-17)26-27-23(30)33-16-21(31)25-18-12-13-19-20(15-18)29(6-3)24(32)28(19)5-2/h4,7-13,15H,1,5-6,14,16H2,2-3H3,(H,25,31). The highest BCUT2D eigenvalue weighted by molar-refractivity contribution is 7.99. The molecule has 170 valence electrons. The van der Waals surface area contributed by atoms with E-state index in [0.29, 0.717) is 30.5 Å². The molecule has 0 atom stereocenters. The number of anilines is 1. The molecule has 0 spiro atoms. The Morgan fingerprint density at radius 1 is 1.03 bits per heavy atom. The highest BCUT2D eigenvalue weighted by Crippen LogP contribution is 2.24. The fraction of sp³-hybridized carbons (Fsp3) is 0.250. The first-order chi connectivity index (χ1) is 16.1. The Morgan fingerprint density at radius 3 is 2.45 bits per heavy atom. The van der Waals surface area contributed by atoms with Crippen LogP contribution in [0.1, 0.15) is 13.8 Å². The smallest absolute Gasteiger partial charge is 0.325 e. The lowest BCUT2D eigenvalue weighted by Crippen LogP contribution is -2.23. The van der Waals surface area contributed by atoms with Gasteiger partial charge in [0.2, 0.25) is 5.91 Å². The highest BCUT2D eigenvalue weighted by atomic mass is 32.2. The number of benzene rings is 2. The maximum absolute atomic E-state index is 12.7. The van der Waals surface area contributed by atoms with Gasteiger partial charge in [-0.2, -0.15) is 0 Å². The molecule has 4 aromatic rings. The molecule has 2 aromatic heterocycles. The molecule has 1 amide bonds. The Bertz CT molecular complexity index is 1350. The van der Waals surface area contributed by atoms with Gasteiger partial charge in [0.15, 0.2) is 11.0 Å². The second-order valence-corrected chi connectivity index (χ2v) is 8.33. The number of aromatic nitrogens is 5. The van der Waals surface area contributed by atoms with Crippen molar-refractivity contribution in [2.45, 2.75) is 38.6 Å². The van der Waals surface area contributed by atoms with Crippen molar-refractivity contribution < 1.29 is 4.79 Å². The lowest BCUT2D eigenvalue weighted by atomic mass is 10.2. The number of carbonyl (C=O) groups excluding carboxylic acids is 1. The first kappa shape index (κ1) is 22.6. The SMILES string of the molecule is C=CCn1c(SCC(=O)Nc2ccc3c(c2)n(CC)c(=O)n3CC)nnc1-c1ccccc1. The summed E-state index contributed by atoms with van der Waals surface area (Å²) in [6.45, 7) is 9.42. The van der Waals surface area contributed by atoms with Crippen molar-refractivity contribution in [2.75, 3.05) is 11.1 Å². The van der Waals surface area contributed by atoms with Gasteiger partial charge in [-0.15, -0.1) is 16.8 Å². The van der Waals surface area contributed by atoms with Gasteiger partial charge >= 0.3 is 5.69 Å². The van der Waals surface area contributed by atoms with Crippen molar-refractivity contribution in [3.05, 3.63) is 71.7 Å². The van der Waals surface area contributed by atoms with Crippen LogP contribution in [0.5, 0.6) is 0 Å². The Labute approximate surface area is 195 Å². The van der Waals surface area contributed by atoms with E-state index in [9.17, 15) is 9.59 Å². The number of fused-ring (bicyclic) bond motifs is 1. The second-order valence-electron chi connectivity index (χ2n) is 7.38. The monoisotopic (exact) mass is 462 g/mol. The Balaban J connectivity index is 1.50. The molecule has 9 heteroatoms. The van der Waals surface area contributed by atoms with E-state index < -0.39 is 0 Å². The summed E-state index contributed by atoms with van der Waals surface area (Å²) < 4.78 is 5.39. The molecular formula is C24H26N6O2S. The molecule has 2 aromatic carbocycles. The molecular weight excluding hydrogens is 436 g/mol. The molecule has 0 aliphatic carbocycles. The van der Waals surface area contributed by atoms with Gasteiger partial charge in [0.1, 0.15) is 0 Å². The number of hydrogen-bond donors (Lipinski definition) is 1. The molecule has 0 unspecified atom stereocenters. The van der Waals surface area contributed by atoms with Gasteiger partial charge < -0.3 is 5.32 Å². The van der Waals surface area contributed by atoms with Crippen LogP contribution in [0.25, 0.3) is 22.4 Å². The fourth-order valence-electron chi connectivity index (χ4n) is 3.83. The number of nitrogens with zero attached hydrogens (tertiary/aromatic N) is 5. The topological polar surface area (TPSA) is 86.7 Å². The van der Waals surface area contributed by atoms with Gasteiger partial charge in [0.05, 0.1) is 16.8 Å². The van der Waals surface area contributed by atoms with Crippen LogP contribution in [0.15, 0.2) is 71.1 Å². The van der Waals surface area contributed by atoms with E-state index in [1.165, 1.54) is 11.8 Å². The number of thioether (sulfide) groups is 1.